The highest BCUT2D eigenvalue weighted by Crippen LogP contribution is 2.47. The SMILES string of the molecule is O=C(c1cccc(F)c1)N1CC[C@@H]2[C@H](CO)Nc3ccc(-c4ccccc4F)cc3[C@@H]21. The van der Waals surface area contributed by atoms with Crippen LogP contribution in [0.4, 0.5) is 14.5 Å². The highest BCUT2D eigenvalue weighted by Gasteiger charge is 2.46. The van der Waals surface area contributed by atoms with Crippen LogP contribution in [0.1, 0.15) is 28.4 Å². The molecule has 6 heteroatoms. The third-order valence-electron chi connectivity index (χ3n) is 6.39. The van der Waals surface area contributed by atoms with Crippen LogP contribution in [-0.2, 0) is 0 Å². The normalized spacial score (nSPS) is 21.9. The third-order valence-corrected chi connectivity index (χ3v) is 6.39. The minimum Gasteiger partial charge on any atom is -0.394 e. The lowest BCUT2D eigenvalue weighted by Crippen LogP contribution is -2.42. The number of aliphatic hydroxyl groups excluding tert-OH is 1. The first kappa shape index (κ1) is 19.7. The molecule has 4 nitrogen and oxygen atoms in total. The van der Waals surface area contributed by atoms with Crippen molar-refractivity contribution in [2.75, 3.05) is 18.5 Å². The lowest BCUT2D eigenvalue weighted by atomic mass is 9.82. The molecule has 1 saturated heterocycles. The van der Waals surface area contributed by atoms with Crippen LogP contribution in [0.5, 0.6) is 0 Å². The zero-order valence-electron chi connectivity index (χ0n) is 16.8. The van der Waals surface area contributed by atoms with Crippen molar-refractivity contribution in [1.29, 1.82) is 0 Å². The number of amides is 1. The zero-order valence-corrected chi connectivity index (χ0v) is 16.8. The van der Waals surface area contributed by atoms with E-state index in [0.29, 0.717) is 24.1 Å². The molecule has 2 heterocycles. The average Bonchev–Trinajstić information content (AvgIpc) is 3.23. The number of rotatable bonds is 3. The molecule has 0 aliphatic carbocycles. The minimum atomic E-state index is -0.456. The molecule has 0 bridgehead atoms. The van der Waals surface area contributed by atoms with Crippen LogP contribution in [0.25, 0.3) is 11.1 Å². The van der Waals surface area contributed by atoms with Crippen molar-refractivity contribution in [3.63, 3.8) is 0 Å². The van der Waals surface area contributed by atoms with Gasteiger partial charge in [-0.1, -0.05) is 30.3 Å². The number of hydrogen-bond donors (Lipinski definition) is 2. The van der Waals surface area contributed by atoms with Crippen LogP contribution >= 0.6 is 0 Å². The fraction of sp³-hybridized carbons (Fsp3) is 0.240. The highest BCUT2D eigenvalue weighted by molar-refractivity contribution is 5.95. The van der Waals surface area contributed by atoms with Gasteiger partial charge in [0.2, 0.25) is 0 Å². The summed E-state index contributed by atoms with van der Waals surface area (Å²) in [4.78, 5) is 15.0. The van der Waals surface area contributed by atoms with Crippen molar-refractivity contribution in [2.24, 2.45) is 5.92 Å². The van der Waals surface area contributed by atoms with Crippen molar-refractivity contribution in [2.45, 2.75) is 18.5 Å². The van der Waals surface area contributed by atoms with Gasteiger partial charge in [-0.3, -0.25) is 4.79 Å². The van der Waals surface area contributed by atoms with Crippen molar-refractivity contribution in [1.82, 2.24) is 4.90 Å². The first-order chi connectivity index (χ1) is 15.1. The van der Waals surface area contributed by atoms with Gasteiger partial charge in [-0.25, -0.2) is 8.78 Å². The fourth-order valence-electron chi connectivity index (χ4n) is 4.94. The van der Waals surface area contributed by atoms with Crippen molar-refractivity contribution >= 4 is 11.6 Å². The monoisotopic (exact) mass is 420 g/mol. The van der Waals surface area contributed by atoms with Crippen LogP contribution < -0.4 is 5.32 Å². The van der Waals surface area contributed by atoms with Crippen molar-refractivity contribution in [3.8, 4) is 11.1 Å². The van der Waals surface area contributed by atoms with E-state index in [4.69, 9.17) is 0 Å². The summed E-state index contributed by atoms with van der Waals surface area (Å²) < 4.78 is 28.1. The van der Waals surface area contributed by atoms with Crippen molar-refractivity contribution in [3.05, 3.63) is 89.5 Å². The maximum absolute atomic E-state index is 14.4. The number of hydrogen-bond acceptors (Lipinski definition) is 3. The van der Waals surface area contributed by atoms with E-state index < -0.39 is 5.82 Å². The first-order valence-corrected chi connectivity index (χ1v) is 10.4. The predicted molar refractivity (Wildman–Crippen MR) is 115 cm³/mol. The molecule has 31 heavy (non-hydrogen) atoms. The molecule has 1 amide bonds. The number of nitrogens with zero attached hydrogens (tertiary/aromatic N) is 1. The van der Waals surface area contributed by atoms with Gasteiger partial charge in [0.05, 0.1) is 18.7 Å². The Bertz CT molecular complexity index is 1150. The summed E-state index contributed by atoms with van der Waals surface area (Å²) in [5.41, 5.74) is 3.22. The summed E-state index contributed by atoms with van der Waals surface area (Å²) in [7, 11) is 0. The van der Waals surface area contributed by atoms with E-state index in [2.05, 4.69) is 5.32 Å². The molecule has 2 N–H and O–H groups in total. The van der Waals surface area contributed by atoms with Crippen molar-refractivity contribution < 1.29 is 18.7 Å². The number of nitrogens with one attached hydrogen (secondary N) is 1. The molecule has 0 saturated carbocycles. The van der Waals surface area contributed by atoms with Crippen LogP contribution in [0.2, 0.25) is 0 Å². The predicted octanol–water partition coefficient (Wildman–Crippen LogP) is 4.62. The van der Waals surface area contributed by atoms with Crippen LogP contribution in [0.3, 0.4) is 0 Å². The molecule has 2 aliphatic heterocycles. The van der Waals surface area contributed by atoms with Crippen LogP contribution in [0, 0.1) is 17.6 Å². The lowest BCUT2D eigenvalue weighted by molar-refractivity contribution is 0.0700. The van der Waals surface area contributed by atoms with Gasteiger partial charge in [0.15, 0.2) is 0 Å². The van der Waals surface area contributed by atoms with Gasteiger partial charge >= 0.3 is 0 Å². The number of benzene rings is 3. The van der Waals surface area contributed by atoms with E-state index >= 15 is 0 Å². The number of carbonyl (C=O) groups excluding carboxylic acids is 1. The Morgan fingerprint density at radius 1 is 1.06 bits per heavy atom. The molecule has 158 valence electrons. The molecule has 3 aromatic carbocycles. The van der Waals surface area contributed by atoms with E-state index in [9.17, 15) is 18.7 Å². The quantitative estimate of drug-likeness (QED) is 0.650. The number of fused-ring (bicyclic) bond motifs is 3. The number of halogens is 2. The average molecular weight is 420 g/mol. The van der Waals surface area contributed by atoms with Gasteiger partial charge in [-0.2, -0.15) is 0 Å². The van der Waals surface area contributed by atoms with Gasteiger partial charge in [0, 0.05) is 29.3 Å². The summed E-state index contributed by atoms with van der Waals surface area (Å²) in [6, 6.07) is 17.4. The van der Waals surface area contributed by atoms with E-state index in [-0.39, 0.29) is 36.3 Å². The molecule has 0 aromatic heterocycles. The largest absolute Gasteiger partial charge is 0.394 e. The molecule has 3 aromatic rings. The Hall–Kier alpha value is -3.25. The molecule has 0 radical (unpaired) electrons. The first-order valence-electron chi connectivity index (χ1n) is 10.4. The Labute approximate surface area is 179 Å². The summed E-state index contributed by atoms with van der Waals surface area (Å²) in [5.74, 6) is -1.00. The molecule has 0 spiro atoms. The zero-order chi connectivity index (χ0) is 21.5. The van der Waals surface area contributed by atoms with E-state index in [0.717, 1.165) is 16.8 Å². The van der Waals surface area contributed by atoms with Gasteiger partial charge in [0.25, 0.3) is 5.91 Å². The van der Waals surface area contributed by atoms with Gasteiger partial charge < -0.3 is 15.3 Å². The topological polar surface area (TPSA) is 52.6 Å². The molecule has 0 unspecified atom stereocenters. The second-order valence-corrected chi connectivity index (χ2v) is 8.12. The maximum Gasteiger partial charge on any atom is 0.254 e. The summed E-state index contributed by atoms with van der Waals surface area (Å²) in [5, 5.41) is 13.3. The van der Waals surface area contributed by atoms with Gasteiger partial charge in [-0.15, -0.1) is 0 Å². The lowest BCUT2D eigenvalue weighted by Gasteiger charge is -2.39. The number of anilines is 1. The Morgan fingerprint density at radius 2 is 1.90 bits per heavy atom. The molecule has 1 fully saturated rings. The molecule has 5 rings (SSSR count). The second-order valence-electron chi connectivity index (χ2n) is 8.12. The van der Waals surface area contributed by atoms with Crippen LogP contribution in [0.15, 0.2) is 66.7 Å². The summed E-state index contributed by atoms with van der Waals surface area (Å²) in [6.45, 7) is 0.448. The highest BCUT2D eigenvalue weighted by atomic mass is 19.1. The third kappa shape index (κ3) is 3.37. The van der Waals surface area contributed by atoms with Crippen LogP contribution in [-0.4, -0.2) is 35.1 Å². The fourth-order valence-corrected chi connectivity index (χ4v) is 4.94. The van der Waals surface area contributed by atoms with E-state index in [1.165, 1.54) is 24.3 Å². The number of likely N-dealkylation sites (tertiary alicyclic amines) is 1. The minimum absolute atomic E-state index is 0.00544. The standard InChI is InChI=1S/C25H22F2N2O2/c26-17-5-3-4-16(12-17)25(31)29-11-10-19-23(14-30)28-22-9-8-15(13-20(22)24(19)29)18-6-1-2-7-21(18)27/h1-9,12-13,19,23-24,28,30H,10-11,14H2/t19-,23+,24-/m1/s1. The van der Waals surface area contributed by atoms with Gasteiger partial charge in [-0.05, 0) is 53.9 Å². The number of aliphatic hydroxyl groups is 1. The van der Waals surface area contributed by atoms with E-state index in [1.807, 2.05) is 18.2 Å². The Kier molecular flexibility index (Phi) is 4.94. The Morgan fingerprint density at radius 3 is 2.68 bits per heavy atom. The molecular formula is C25H22F2N2O2. The molecule has 2 aliphatic rings. The smallest absolute Gasteiger partial charge is 0.254 e. The van der Waals surface area contributed by atoms with E-state index in [1.54, 1.807) is 29.2 Å². The number of carbonyl (C=O) groups is 1. The Balaban J connectivity index is 1.59. The summed E-state index contributed by atoms with van der Waals surface area (Å²) >= 11 is 0. The second kappa shape index (κ2) is 7.78. The summed E-state index contributed by atoms with van der Waals surface area (Å²) in [6.07, 6.45) is 0.716. The molecular weight excluding hydrogens is 398 g/mol. The van der Waals surface area contributed by atoms with Gasteiger partial charge in [0.1, 0.15) is 11.6 Å². The molecule has 3 atom stereocenters. The maximum atomic E-state index is 14.4.